The minimum absolute atomic E-state index is 0.0454. The highest BCUT2D eigenvalue weighted by Crippen LogP contribution is 2.25. The quantitative estimate of drug-likeness (QED) is 0.862. The standard InChI is InChI=1S/C13H17ClN2O2/c14-12-5-4-10(17)7-11(12)13(18)16-6-2-1-3-9(16)8-15/h4-5,7,9,17H,1-3,6,8,15H2. The van der Waals surface area contributed by atoms with Crippen LogP contribution in [0, 0.1) is 0 Å². The zero-order valence-corrected chi connectivity index (χ0v) is 10.9. The highest BCUT2D eigenvalue weighted by Gasteiger charge is 2.27. The van der Waals surface area contributed by atoms with Crippen LogP contribution in [0.5, 0.6) is 5.75 Å². The number of aromatic hydroxyl groups is 1. The minimum Gasteiger partial charge on any atom is -0.508 e. The number of amides is 1. The maximum absolute atomic E-state index is 12.4. The Hall–Kier alpha value is -1.26. The fraction of sp³-hybridized carbons (Fsp3) is 0.462. The molecule has 1 fully saturated rings. The number of piperidine rings is 1. The highest BCUT2D eigenvalue weighted by atomic mass is 35.5. The number of carbonyl (C=O) groups excluding carboxylic acids is 1. The van der Waals surface area contributed by atoms with Crippen molar-refractivity contribution in [3.63, 3.8) is 0 Å². The fourth-order valence-corrected chi connectivity index (χ4v) is 2.54. The van der Waals surface area contributed by atoms with E-state index in [1.54, 1.807) is 4.90 Å². The van der Waals surface area contributed by atoms with Crippen molar-refractivity contribution in [1.29, 1.82) is 0 Å². The third-order valence-electron chi connectivity index (χ3n) is 3.34. The normalized spacial score (nSPS) is 19.9. The topological polar surface area (TPSA) is 66.6 Å². The number of carbonyl (C=O) groups is 1. The number of phenolic OH excluding ortho intramolecular Hbond substituents is 1. The van der Waals surface area contributed by atoms with Crippen LogP contribution in [0.15, 0.2) is 18.2 Å². The van der Waals surface area contributed by atoms with Crippen LogP contribution < -0.4 is 5.73 Å². The lowest BCUT2D eigenvalue weighted by Crippen LogP contribution is -2.47. The van der Waals surface area contributed by atoms with Crippen LogP contribution in [-0.4, -0.2) is 35.0 Å². The summed E-state index contributed by atoms with van der Waals surface area (Å²) < 4.78 is 0. The third kappa shape index (κ3) is 2.60. The number of hydrogen-bond acceptors (Lipinski definition) is 3. The molecule has 0 bridgehead atoms. The number of benzene rings is 1. The number of nitrogens with zero attached hydrogens (tertiary/aromatic N) is 1. The SMILES string of the molecule is NCC1CCCCN1C(=O)c1cc(O)ccc1Cl. The van der Waals surface area contributed by atoms with Gasteiger partial charge in [0.05, 0.1) is 10.6 Å². The van der Waals surface area contributed by atoms with Gasteiger partial charge in [-0.25, -0.2) is 0 Å². The van der Waals surface area contributed by atoms with Crippen LogP contribution in [0.25, 0.3) is 0 Å². The molecule has 2 rings (SSSR count). The van der Waals surface area contributed by atoms with Crippen molar-refractivity contribution in [2.24, 2.45) is 5.73 Å². The number of rotatable bonds is 2. The van der Waals surface area contributed by atoms with E-state index in [0.717, 1.165) is 19.3 Å². The Morgan fingerprint density at radius 1 is 1.50 bits per heavy atom. The molecular formula is C13H17ClN2O2. The highest BCUT2D eigenvalue weighted by molar-refractivity contribution is 6.33. The van der Waals surface area contributed by atoms with Gasteiger partial charge in [-0.05, 0) is 37.5 Å². The van der Waals surface area contributed by atoms with Crippen LogP contribution in [0.3, 0.4) is 0 Å². The van der Waals surface area contributed by atoms with Crippen LogP contribution in [-0.2, 0) is 0 Å². The van der Waals surface area contributed by atoms with Crippen LogP contribution in [0.2, 0.25) is 5.02 Å². The molecule has 18 heavy (non-hydrogen) atoms. The van der Waals surface area contributed by atoms with Gasteiger partial charge in [0.2, 0.25) is 0 Å². The number of hydrogen-bond donors (Lipinski definition) is 2. The molecule has 1 unspecified atom stereocenters. The second kappa shape index (κ2) is 5.59. The lowest BCUT2D eigenvalue weighted by molar-refractivity contribution is 0.0623. The third-order valence-corrected chi connectivity index (χ3v) is 3.67. The van der Waals surface area contributed by atoms with Gasteiger partial charge in [0.25, 0.3) is 5.91 Å². The Morgan fingerprint density at radius 3 is 3.00 bits per heavy atom. The monoisotopic (exact) mass is 268 g/mol. The minimum atomic E-state index is -0.147. The molecule has 0 spiro atoms. The van der Waals surface area contributed by atoms with E-state index in [9.17, 15) is 9.90 Å². The first-order chi connectivity index (χ1) is 8.63. The molecule has 1 heterocycles. The maximum Gasteiger partial charge on any atom is 0.255 e. The van der Waals surface area contributed by atoms with Gasteiger partial charge in [-0.1, -0.05) is 11.6 Å². The Balaban J connectivity index is 2.26. The molecule has 0 aliphatic carbocycles. The number of likely N-dealkylation sites (tertiary alicyclic amines) is 1. The van der Waals surface area contributed by atoms with Crippen molar-refractivity contribution in [3.8, 4) is 5.75 Å². The Bertz CT molecular complexity index is 451. The van der Waals surface area contributed by atoms with E-state index in [0.29, 0.717) is 23.7 Å². The second-order valence-electron chi connectivity index (χ2n) is 4.55. The molecule has 1 atom stereocenters. The predicted octanol–water partition coefficient (Wildman–Crippen LogP) is 2.00. The molecule has 0 radical (unpaired) electrons. The molecule has 5 heteroatoms. The number of nitrogens with two attached hydrogens (primary N) is 1. The summed E-state index contributed by atoms with van der Waals surface area (Å²) in [4.78, 5) is 14.2. The van der Waals surface area contributed by atoms with Crippen molar-refractivity contribution in [2.75, 3.05) is 13.1 Å². The average Bonchev–Trinajstić information content (AvgIpc) is 2.40. The zero-order valence-electron chi connectivity index (χ0n) is 10.1. The lowest BCUT2D eigenvalue weighted by atomic mass is 10.0. The summed E-state index contributed by atoms with van der Waals surface area (Å²) in [6.07, 6.45) is 3.01. The molecule has 1 amide bonds. The second-order valence-corrected chi connectivity index (χ2v) is 4.96. The summed E-state index contributed by atoms with van der Waals surface area (Å²) in [6, 6.07) is 4.48. The molecule has 1 aliphatic heterocycles. The smallest absolute Gasteiger partial charge is 0.255 e. The van der Waals surface area contributed by atoms with Gasteiger partial charge in [-0.2, -0.15) is 0 Å². The molecule has 4 nitrogen and oxygen atoms in total. The molecule has 1 aromatic rings. The Labute approximate surface area is 111 Å². The van der Waals surface area contributed by atoms with E-state index in [1.807, 2.05) is 0 Å². The van der Waals surface area contributed by atoms with Gasteiger partial charge >= 0.3 is 0 Å². The average molecular weight is 269 g/mol. The summed E-state index contributed by atoms with van der Waals surface area (Å²) in [6.45, 7) is 1.16. The van der Waals surface area contributed by atoms with Gasteiger partial charge in [0.15, 0.2) is 0 Å². The summed E-state index contributed by atoms with van der Waals surface area (Å²) in [5.74, 6) is -0.102. The van der Waals surface area contributed by atoms with E-state index >= 15 is 0 Å². The van der Waals surface area contributed by atoms with Gasteiger partial charge < -0.3 is 15.7 Å². The largest absolute Gasteiger partial charge is 0.508 e. The van der Waals surface area contributed by atoms with Crippen LogP contribution in [0.4, 0.5) is 0 Å². The van der Waals surface area contributed by atoms with Gasteiger partial charge in [0, 0.05) is 19.1 Å². The van der Waals surface area contributed by atoms with Crippen LogP contribution >= 0.6 is 11.6 Å². The van der Waals surface area contributed by atoms with Gasteiger partial charge in [-0.3, -0.25) is 4.79 Å². The van der Waals surface area contributed by atoms with Crippen molar-refractivity contribution in [2.45, 2.75) is 25.3 Å². The lowest BCUT2D eigenvalue weighted by Gasteiger charge is -2.35. The molecule has 1 aromatic carbocycles. The summed E-state index contributed by atoms with van der Waals surface area (Å²) in [5, 5.41) is 9.81. The first-order valence-corrected chi connectivity index (χ1v) is 6.51. The molecule has 0 aromatic heterocycles. The molecule has 1 saturated heterocycles. The number of phenols is 1. The molecule has 98 valence electrons. The Morgan fingerprint density at radius 2 is 2.28 bits per heavy atom. The van der Waals surface area contributed by atoms with Crippen molar-refractivity contribution in [3.05, 3.63) is 28.8 Å². The van der Waals surface area contributed by atoms with Crippen molar-refractivity contribution < 1.29 is 9.90 Å². The Kier molecular flexibility index (Phi) is 4.09. The maximum atomic E-state index is 12.4. The molecular weight excluding hydrogens is 252 g/mol. The summed E-state index contributed by atoms with van der Waals surface area (Å²) in [5.41, 5.74) is 6.05. The van der Waals surface area contributed by atoms with E-state index in [-0.39, 0.29) is 17.7 Å². The zero-order chi connectivity index (χ0) is 13.1. The first kappa shape index (κ1) is 13.2. The van der Waals surface area contributed by atoms with Crippen molar-refractivity contribution in [1.82, 2.24) is 4.90 Å². The summed E-state index contributed by atoms with van der Waals surface area (Å²) in [7, 11) is 0. The first-order valence-electron chi connectivity index (χ1n) is 6.13. The summed E-state index contributed by atoms with van der Waals surface area (Å²) >= 11 is 6.01. The van der Waals surface area contributed by atoms with Crippen molar-refractivity contribution >= 4 is 17.5 Å². The fourth-order valence-electron chi connectivity index (χ4n) is 2.34. The number of halogens is 1. The van der Waals surface area contributed by atoms with E-state index in [4.69, 9.17) is 17.3 Å². The molecule has 3 N–H and O–H groups in total. The predicted molar refractivity (Wildman–Crippen MR) is 70.8 cm³/mol. The van der Waals surface area contributed by atoms with E-state index in [1.165, 1.54) is 18.2 Å². The van der Waals surface area contributed by atoms with Gasteiger partial charge in [0.1, 0.15) is 5.75 Å². The van der Waals surface area contributed by atoms with Crippen LogP contribution in [0.1, 0.15) is 29.6 Å². The molecule has 0 saturated carbocycles. The van der Waals surface area contributed by atoms with E-state index in [2.05, 4.69) is 0 Å². The molecule has 1 aliphatic rings. The van der Waals surface area contributed by atoms with Gasteiger partial charge in [-0.15, -0.1) is 0 Å². The van der Waals surface area contributed by atoms with E-state index < -0.39 is 0 Å².